The maximum Gasteiger partial charge on any atom is 0.239 e. The highest BCUT2D eigenvalue weighted by Gasteiger charge is 2.23. The molecule has 0 aromatic rings. The fourth-order valence-electron chi connectivity index (χ4n) is 1.31. The molecule has 3 nitrogen and oxygen atoms in total. The van der Waals surface area contributed by atoms with Gasteiger partial charge in [0.1, 0.15) is 0 Å². The van der Waals surface area contributed by atoms with Gasteiger partial charge >= 0.3 is 0 Å². The number of hydrogen-bond acceptors (Lipinski definition) is 2. The number of hydrogen-bond donors (Lipinski definition) is 1. The van der Waals surface area contributed by atoms with E-state index in [4.69, 9.17) is 5.73 Å². The highest BCUT2D eigenvalue weighted by atomic mass is 16.2. The second-order valence-electron chi connectivity index (χ2n) is 2.82. The van der Waals surface area contributed by atoms with Gasteiger partial charge < -0.3 is 10.6 Å². The maximum atomic E-state index is 11.3. The topological polar surface area (TPSA) is 46.3 Å². The van der Waals surface area contributed by atoms with Crippen molar-refractivity contribution in [1.29, 1.82) is 0 Å². The molecule has 0 aromatic heterocycles. The van der Waals surface area contributed by atoms with Crippen molar-refractivity contribution in [2.24, 2.45) is 5.73 Å². The third-order valence-electron chi connectivity index (χ3n) is 1.92. The average Bonchev–Trinajstić information content (AvgIpc) is 1.99. The van der Waals surface area contributed by atoms with Gasteiger partial charge in [0.05, 0.1) is 6.04 Å². The molecule has 1 aliphatic rings. The standard InChI is InChI=1S/C8H14N2O/c1-2-5-10-6-3-4-7(9)8(10)11/h2,7H,1,3-6,9H2/t7-/m0/s1. The van der Waals surface area contributed by atoms with Gasteiger partial charge in [-0.1, -0.05) is 6.08 Å². The number of rotatable bonds is 2. The fourth-order valence-corrected chi connectivity index (χ4v) is 1.31. The summed E-state index contributed by atoms with van der Waals surface area (Å²) in [4.78, 5) is 13.0. The Morgan fingerprint density at radius 2 is 2.55 bits per heavy atom. The zero-order valence-electron chi connectivity index (χ0n) is 6.62. The molecule has 1 aliphatic heterocycles. The molecule has 0 saturated carbocycles. The van der Waals surface area contributed by atoms with Crippen LogP contribution in [0.15, 0.2) is 12.7 Å². The summed E-state index contributed by atoms with van der Waals surface area (Å²) in [5.41, 5.74) is 5.57. The van der Waals surface area contributed by atoms with Gasteiger partial charge in [0.25, 0.3) is 0 Å². The Morgan fingerprint density at radius 3 is 3.18 bits per heavy atom. The number of piperidine rings is 1. The van der Waals surface area contributed by atoms with E-state index in [-0.39, 0.29) is 11.9 Å². The van der Waals surface area contributed by atoms with Gasteiger partial charge in [0, 0.05) is 13.1 Å². The lowest BCUT2D eigenvalue weighted by molar-refractivity contribution is -0.134. The number of amides is 1. The number of nitrogens with zero attached hydrogens (tertiary/aromatic N) is 1. The molecule has 0 aromatic carbocycles. The Kier molecular flexibility index (Phi) is 2.65. The van der Waals surface area contributed by atoms with Crippen LogP contribution in [0.1, 0.15) is 12.8 Å². The summed E-state index contributed by atoms with van der Waals surface area (Å²) in [6.07, 6.45) is 3.57. The SMILES string of the molecule is C=CCN1CCC[C@H](N)C1=O. The minimum Gasteiger partial charge on any atom is -0.338 e. The number of carbonyl (C=O) groups excluding carboxylic acids is 1. The van der Waals surface area contributed by atoms with Crippen LogP contribution in [0.2, 0.25) is 0 Å². The Morgan fingerprint density at radius 1 is 1.82 bits per heavy atom. The van der Waals surface area contributed by atoms with E-state index in [0.717, 1.165) is 19.4 Å². The van der Waals surface area contributed by atoms with Gasteiger partial charge in [0.2, 0.25) is 5.91 Å². The van der Waals surface area contributed by atoms with Crippen molar-refractivity contribution in [3.05, 3.63) is 12.7 Å². The van der Waals surface area contributed by atoms with E-state index in [1.54, 1.807) is 11.0 Å². The summed E-state index contributed by atoms with van der Waals surface area (Å²) in [5.74, 6) is 0.0659. The molecule has 0 aliphatic carbocycles. The van der Waals surface area contributed by atoms with Crippen LogP contribution in [0.4, 0.5) is 0 Å². The molecule has 2 N–H and O–H groups in total. The number of nitrogens with two attached hydrogens (primary N) is 1. The van der Waals surface area contributed by atoms with Crippen molar-refractivity contribution in [2.45, 2.75) is 18.9 Å². The summed E-state index contributed by atoms with van der Waals surface area (Å²) in [5, 5.41) is 0. The second-order valence-corrected chi connectivity index (χ2v) is 2.82. The summed E-state index contributed by atoms with van der Waals surface area (Å²) in [6.45, 7) is 5.04. The fraction of sp³-hybridized carbons (Fsp3) is 0.625. The van der Waals surface area contributed by atoms with E-state index in [9.17, 15) is 4.79 Å². The molecule has 11 heavy (non-hydrogen) atoms. The number of carbonyl (C=O) groups is 1. The van der Waals surface area contributed by atoms with Crippen molar-refractivity contribution < 1.29 is 4.79 Å². The summed E-state index contributed by atoms with van der Waals surface area (Å²) < 4.78 is 0. The second kappa shape index (κ2) is 3.53. The third kappa shape index (κ3) is 1.80. The van der Waals surface area contributed by atoms with Crippen LogP contribution in [0, 0.1) is 0 Å². The smallest absolute Gasteiger partial charge is 0.239 e. The quantitative estimate of drug-likeness (QED) is 0.574. The summed E-state index contributed by atoms with van der Waals surface area (Å²) in [7, 11) is 0. The highest BCUT2D eigenvalue weighted by molar-refractivity contribution is 5.82. The van der Waals surface area contributed by atoms with E-state index in [0.29, 0.717) is 6.54 Å². The molecular formula is C8H14N2O. The Balaban J connectivity index is 2.51. The average molecular weight is 154 g/mol. The largest absolute Gasteiger partial charge is 0.338 e. The van der Waals surface area contributed by atoms with E-state index in [1.165, 1.54) is 0 Å². The molecule has 1 fully saturated rings. The molecule has 1 heterocycles. The van der Waals surface area contributed by atoms with Crippen LogP contribution < -0.4 is 5.73 Å². The normalized spacial score (nSPS) is 25.4. The zero-order chi connectivity index (χ0) is 8.27. The van der Waals surface area contributed by atoms with Crippen LogP contribution in [-0.2, 0) is 4.79 Å². The lowest BCUT2D eigenvalue weighted by atomic mass is 10.1. The molecule has 1 atom stereocenters. The van der Waals surface area contributed by atoms with Crippen LogP contribution in [0.3, 0.4) is 0 Å². The minimum absolute atomic E-state index is 0.0659. The van der Waals surface area contributed by atoms with Gasteiger partial charge in [-0.05, 0) is 12.8 Å². The summed E-state index contributed by atoms with van der Waals surface area (Å²) in [6, 6.07) is -0.274. The zero-order valence-corrected chi connectivity index (χ0v) is 6.62. The van der Waals surface area contributed by atoms with E-state index in [2.05, 4.69) is 6.58 Å². The van der Waals surface area contributed by atoms with E-state index >= 15 is 0 Å². The molecular weight excluding hydrogens is 140 g/mol. The first-order valence-electron chi connectivity index (χ1n) is 3.91. The first-order chi connectivity index (χ1) is 5.25. The molecule has 1 saturated heterocycles. The van der Waals surface area contributed by atoms with Gasteiger partial charge in [-0.15, -0.1) is 6.58 Å². The van der Waals surface area contributed by atoms with E-state index < -0.39 is 0 Å². The van der Waals surface area contributed by atoms with Crippen molar-refractivity contribution >= 4 is 5.91 Å². The monoisotopic (exact) mass is 154 g/mol. The van der Waals surface area contributed by atoms with Crippen LogP contribution in [0.5, 0.6) is 0 Å². The molecule has 0 unspecified atom stereocenters. The molecule has 1 rings (SSSR count). The number of likely N-dealkylation sites (tertiary alicyclic amines) is 1. The lowest BCUT2D eigenvalue weighted by Gasteiger charge is -2.29. The van der Waals surface area contributed by atoms with Gasteiger partial charge in [0.15, 0.2) is 0 Å². The van der Waals surface area contributed by atoms with Crippen molar-refractivity contribution in [3.63, 3.8) is 0 Å². The van der Waals surface area contributed by atoms with E-state index in [1.807, 2.05) is 0 Å². The molecule has 0 radical (unpaired) electrons. The predicted molar refractivity (Wildman–Crippen MR) is 44.0 cm³/mol. The van der Waals surface area contributed by atoms with Crippen LogP contribution in [-0.4, -0.2) is 29.9 Å². The Labute approximate surface area is 66.9 Å². The van der Waals surface area contributed by atoms with Crippen molar-refractivity contribution in [2.75, 3.05) is 13.1 Å². The van der Waals surface area contributed by atoms with Crippen molar-refractivity contribution in [3.8, 4) is 0 Å². The third-order valence-corrected chi connectivity index (χ3v) is 1.92. The predicted octanol–water partition coefficient (Wildman–Crippen LogP) is 0.122. The maximum absolute atomic E-state index is 11.3. The van der Waals surface area contributed by atoms with Gasteiger partial charge in [-0.2, -0.15) is 0 Å². The van der Waals surface area contributed by atoms with Gasteiger partial charge in [-0.3, -0.25) is 4.79 Å². The molecule has 0 spiro atoms. The molecule has 3 heteroatoms. The van der Waals surface area contributed by atoms with Crippen molar-refractivity contribution in [1.82, 2.24) is 4.90 Å². The lowest BCUT2D eigenvalue weighted by Crippen LogP contribution is -2.48. The minimum atomic E-state index is -0.274. The molecule has 1 amide bonds. The first kappa shape index (κ1) is 8.27. The Bertz CT molecular complexity index is 167. The summed E-state index contributed by atoms with van der Waals surface area (Å²) >= 11 is 0. The van der Waals surface area contributed by atoms with Gasteiger partial charge in [-0.25, -0.2) is 0 Å². The van der Waals surface area contributed by atoms with Crippen LogP contribution >= 0.6 is 0 Å². The highest BCUT2D eigenvalue weighted by Crippen LogP contribution is 2.08. The first-order valence-corrected chi connectivity index (χ1v) is 3.91. The molecule has 62 valence electrons. The molecule has 0 bridgehead atoms. The van der Waals surface area contributed by atoms with Crippen LogP contribution in [0.25, 0.3) is 0 Å². The Hall–Kier alpha value is -0.830.